The van der Waals surface area contributed by atoms with E-state index in [1.54, 1.807) is 25.4 Å². The molecular weight excluding hydrogens is 556 g/mol. The average Bonchev–Trinajstić information content (AvgIpc) is 3.55. The van der Waals surface area contributed by atoms with Crippen LogP contribution in [0.25, 0.3) is 33.9 Å². The molecule has 12 heteroatoms. The summed E-state index contributed by atoms with van der Waals surface area (Å²) >= 11 is 0. The normalized spacial score (nSPS) is 16.7. The van der Waals surface area contributed by atoms with Gasteiger partial charge in [-0.05, 0) is 48.4 Å². The van der Waals surface area contributed by atoms with Gasteiger partial charge in [-0.15, -0.1) is 0 Å². The maximum absolute atomic E-state index is 14.4. The second-order valence-corrected chi connectivity index (χ2v) is 10.4. The first-order valence-corrected chi connectivity index (χ1v) is 13.7. The summed E-state index contributed by atoms with van der Waals surface area (Å²) in [4.78, 5) is 33.3. The zero-order chi connectivity index (χ0) is 30.2. The molecule has 6 rings (SSSR count). The highest BCUT2D eigenvalue weighted by Gasteiger charge is 2.34. The lowest BCUT2D eigenvalue weighted by atomic mass is 10.0. The van der Waals surface area contributed by atoms with E-state index in [4.69, 9.17) is 15.5 Å². The lowest BCUT2D eigenvalue weighted by Crippen LogP contribution is -2.34. The molecule has 3 N–H and O–H groups in total. The summed E-state index contributed by atoms with van der Waals surface area (Å²) < 4.78 is 36.3. The maximum Gasteiger partial charge on any atom is 0.185 e. The molecule has 1 fully saturated rings. The van der Waals surface area contributed by atoms with Crippen molar-refractivity contribution in [3.05, 3.63) is 83.8 Å². The highest BCUT2D eigenvalue weighted by atomic mass is 19.1. The Morgan fingerprint density at radius 2 is 1.86 bits per heavy atom. The number of pyridine rings is 1. The summed E-state index contributed by atoms with van der Waals surface area (Å²) in [6.07, 6.45) is 3.44. The van der Waals surface area contributed by atoms with Crippen LogP contribution in [0.4, 0.5) is 14.5 Å². The maximum atomic E-state index is 14.4. The molecule has 220 valence electrons. The Labute approximate surface area is 245 Å². The Hall–Kier alpha value is -4.81. The average molecular weight is 586 g/mol. The number of hydrogen-bond acceptors (Lipinski definition) is 9. The zero-order valence-corrected chi connectivity index (χ0v) is 23.5. The number of fused-ring (bicyclic) bond motifs is 1. The number of aryl methyl sites for hydroxylation is 1. The molecule has 1 saturated heterocycles. The number of anilines is 1. The monoisotopic (exact) mass is 585 g/mol. The number of nitrogens with zero attached hydrogens (tertiary/aromatic N) is 6. The second-order valence-electron chi connectivity index (χ2n) is 10.4. The van der Waals surface area contributed by atoms with Crippen LogP contribution in [0.1, 0.15) is 22.5 Å². The van der Waals surface area contributed by atoms with Crippen molar-refractivity contribution >= 4 is 22.5 Å². The highest BCUT2D eigenvalue weighted by molar-refractivity contribution is 6.00. The SMILES string of the molecule is COc1cccnc1-c1nc2c(N3C[C@H](N)C[C@H]3CO)c(CC(=O)c3ccnc(-c4c(F)cccc4F)n3)ccc2n1C. The number of rotatable bonds is 8. The number of hydrogen-bond donors (Lipinski definition) is 2. The van der Waals surface area contributed by atoms with Crippen LogP contribution in [0.15, 0.2) is 60.9 Å². The first-order valence-electron chi connectivity index (χ1n) is 13.7. The molecule has 0 unspecified atom stereocenters. The molecule has 0 radical (unpaired) electrons. The third kappa shape index (κ3) is 5.08. The van der Waals surface area contributed by atoms with Gasteiger partial charge in [-0.3, -0.25) is 4.79 Å². The van der Waals surface area contributed by atoms with E-state index >= 15 is 0 Å². The van der Waals surface area contributed by atoms with Gasteiger partial charge >= 0.3 is 0 Å². The minimum atomic E-state index is -0.826. The molecule has 3 aromatic heterocycles. The van der Waals surface area contributed by atoms with Gasteiger partial charge in [0.05, 0.1) is 36.5 Å². The summed E-state index contributed by atoms with van der Waals surface area (Å²) in [7, 11) is 3.44. The predicted molar refractivity (Wildman–Crippen MR) is 157 cm³/mol. The fourth-order valence-electron chi connectivity index (χ4n) is 5.69. The van der Waals surface area contributed by atoms with Crippen molar-refractivity contribution in [2.75, 3.05) is 25.2 Å². The number of aliphatic hydroxyl groups is 1. The summed E-state index contributed by atoms with van der Waals surface area (Å²) in [6, 6.07) is 11.7. The Bertz CT molecular complexity index is 1820. The van der Waals surface area contributed by atoms with Crippen LogP contribution < -0.4 is 15.4 Å². The molecule has 0 spiro atoms. The fourth-order valence-corrected chi connectivity index (χ4v) is 5.69. The lowest BCUT2D eigenvalue weighted by molar-refractivity contribution is 0.0988. The van der Waals surface area contributed by atoms with Crippen LogP contribution in [0, 0.1) is 11.6 Å². The second kappa shape index (κ2) is 11.5. The van der Waals surface area contributed by atoms with Gasteiger partial charge in [0.2, 0.25) is 0 Å². The van der Waals surface area contributed by atoms with Crippen molar-refractivity contribution in [3.8, 4) is 28.7 Å². The summed E-state index contributed by atoms with van der Waals surface area (Å²) in [5.41, 5.74) is 9.19. The number of aliphatic hydroxyl groups excluding tert-OH is 1. The van der Waals surface area contributed by atoms with E-state index in [0.29, 0.717) is 47.0 Å². The van der Waals surface area contributed by atoms with E-state index < -0.39 is 17.2 Å². The van der Waals surface area contributed by atoms with E-state index in [2.05, 4.69) is 15.0 Å². The first-order chi connectivity index (χ1) is 20.8. The Morgan fingerprint density at radius 1 is 1.07 bits per heavy atom. The highest BCUT2D eigenvalue weighted by Crippen LogP contribution is 2.38. The molecule has 43 heavy (non-hydrogen) atoms. The van der Waals surface area contributed by atoms with E-state index in [9.17, 15) is 18.7 Å². The number of Topliss-reactive ketones (excluding diaryl/α,β-unsaturated/α-hetero) is 1. The molecule has 2 aromatic carbocycles. The molecule has 0 saturated carbocycles. The van der Waals surface area contributed by atoms with E-state index in [-0.39, 0.29) is 42.4 Å². The van der Waals surface area contributed by atoms with Crippen molar-refractivity contribution in [1.29, 1.82) is 0 Å². The van der Waals surface area contributed by atoms with Crippen molar-refractivity contribution < 1.29 is 23.4 Å². The van der Waals surface area contributed by atoms with Crippen LogP contribution in [-0.2, 0) is 13.5 Å². The van der Waals surface area contributed by atoms with Gasteiger partial charge in [-0.1, -0.05) is 12.1 Å². The number of carbonyl (C=O) groups excluding carboxylic acids is 1. The zero-order valence-electron chi connectivity index (χ0n) is 23.5. The van der Waals surface area contributed by atoms with E-state index in [0.717, 1.165) is 17.6 Å². The predicted octanol–water partition coefficient (Wildman–Crippen LogP) is 3.70. The van der Waals surface area contributed by atoms with Crippen LogP contribution in [0.3, 0.4) is 0 Å². The van der Waals surface area contributed by atoms with Crippen molar-refractivity contribution in [1.82, 2.24) is 24.5 Å². The smallest absolute Gasteiger partial charge is 0.185 e. The third-order valence-electron chi connectivity index (χ3n) is 7.74. The number of nitrogens with two attached hydrogens (primary N) is 1. The van der Waals surface area contributed by atoms with Crippen molar-refractivity contribution in [2.45, 2.75) is 24.9 Å². The number of halogens is 2. The van der Waals surface area contributed by atoms with Gasteiger partial charge in [-0.2, -0.15) is 0 Å². The van der Waals surface area contributed by atoms with Gasteiger partial charge in [0.1, 0.15) is 34.3 Å². The molecule has 2 atom stereocenters. The van der Waals surface area contributed by atoms with Crippen LogP contribution >= 0.6 is 0 Å². The molecule has 0 aliphatic carbocycles. The molecular formula is C31H29F2N7O3. The first kappa shape index (κ1) is 28.3. The molecule has 0 amide bonds. The summed E-state index contributed by atoms with van der Waals surface area (Å²) in [6.45, 7) is 0.323. The minimum absolute atomic E-state index is 0.00969. The van der Waals surface area contributed by atoms with Gasteiger partial charge < -0.3 is 25.0 Å². The summed E-state index contributed by atoms with van der Waals surface area (Å²) in [5.74, 6) is -1.13. The fraction of sp³-hybridized carbons (Fsp3) is 0.258. The molecule has 4 heterocycles. The largest absolute Gasteiger partial charge is 0.494 e. The Kier molecular flexibility index (Phi) is 7.55. The quantitative estimate of drug-likeness (QED) is 0.262. The topological polar surface area (TPSA) is 132 Å². The molecule has 1 aliphatic heterocycles. The molecule has 5 aromatic rings. The van der Waals surface area contributed by atoms with Gasteiger partial charge in [0, 0.05) is 38.4 Å². The Morgan fingerprint density at radius 3 is 2.60 bits per heavy atom. The Balaban J connectivity index is 1.46. The number of carbonyl (C=O) groups is 1. The number of benzene rings is 2. The van der Waals surface area contributed by atoms with Crippen LogP contribution in [0.5, 0.6) is 5.75 Å². The molecule has 10 nitrogen and oxygen atoms in total. The molecule has 1 aliphatic rings. The number of ether oxygens (including phenoxy) is 1. The molecule has 0 bridgehead atoms. The van der Waals surface area contributed by atoms with Gasteiger partial charge in [0.25, 0.3) is 0 Å². The van der Waals surface area contributed by atoms with Crippen LogP contribution in [0.2, 0.25) is 0 Å². The number of ketones is 1. The minimum Gasteiger partial charge on any atom is -0.494 e. The van der Waals surface area contributed by atoms with Crippen molar-refractivity contribution in [3.63, 3.8) is 0 Å². The lowest BCUT2D eigenvalue weighted by Gasteiger charge is -2.28. The van der Waals surface area contributed by atoms with Gasteiger partial charge in [0.15, 0.2) is 17.4 Å². The van der Waals surface area contributed by atoms with Gasteiger partial charge in [-0.25, -0.2) is 28.7 Å². The standard InChI is InChI=1S/C31H29F2N7O3/c1-39-23-9-8-17(13-24(42)22-10-12-36-30(37-22)26-20(32)5-3-6-21(26)33)29(40-15-18(34)14-19(40)16-41)27(23)38-31(39)28-25(43-2)7-4-11-35-28/h3-12,18-19,41H,13-16,34H2,1-2H3/t18-,19+/m1/s1. The van der Waals surface area contributed by atoms with E-state index in [1.165, 1.54) is 18.3 Å². The number of methoxy groups -OCH3 is 1. The summed E-state index contributed by atoms with van der Waals surface area (Å²) in [5, 5.41) is 10.2. The number of aromatic nitrogens is 5. The van der Waals surface area contributed by atoms with Crippen molar-refractivity contribution in [2.24, 2.45) is 12.8 Å². The van der Waals surface area contributed by atoms with E-state index in [1.807, 2.05) is 28.6 Å². The number of imidazole rings is 1. The third-order valence-corrected chi connectivity index (χ3v) is 7.74. The van der Waals surface area contributed by atoms with Crippen LogP contribution in [-0.4, -0.2) is 67.7 Å².